The van der Waals surface area contributed by atoms with Gasteiger partial charge in [0.15, 0.2) is 46.5 Å². The monoisotopic (exact) mass is 650 g/mol. The van der Waals surface area contributed by atoms with Crippen molar-refractivity contribution in [3.05, 3.63) is 118 Å². The van der Waals surface area contributed by atoms with Crippen molar-refractivity contribution in [3.63, 3.8) is 0 Å². The van der Waals surface area contributed by atoms with Gasteiger partial charge in [0.25, 0.3) is 0 Å². The zero-order valence-electron chi connectivity index (χ0n) is 22.1. The third-order valence-electron chi connectivity index (χ3n) is 6.87. The lowest BCUT2D eigenvalue weighted by Crippen LogP contribution is -2.29. The molecule has 232 valence electrons. The van der Waals surface area contributed by atoms with Gasteiger partial charge in [0.1, 0.15) is 23.6 Å². The Bertz CT molecular complexity index is 1600. The molecule has 1 unspecified atom stereocenters. The van der Waals surface area contributed by atoms with E-state index in [0.717, 1.165) is 24.3 Å². The lowest BCUT2D eigenvalue weighted by molar-refractivity contribution is 0.348. The van der Waals surface area contributed by atoms with Gasteiger partial charge in [0, 0.05) is 0 Å². The number of anilines is 2. The molecular formula is C28H16F10N2O3S. The predicted molar refractivity (Wildman–Crippen MR) is 137 cm³/mol. The minimum atomic E-state index is -2.91. The van der Waals surface area contributed by atoms with Crippen molar-refractivity contribution in [3.8, 4) is 11.5 Å². The van der Waals surface area contributed by atoms with Crippen LogP contribution in [-0.4, -0.2) is 18.4 Å². The van der Waals surface area contributed by atoms with Gasteiger partial charge in [-0.15, -0.1) is 0 Å². The highest BCUT2D eigenvalue weighted by atomic mass is 32.2. The molecule has 0 amide bonds. The third kappa shape index (κ3) is 4.67. The normalized spacial score (nSPS) is 18.2. The van der Waals surface area contributed by atoms with Crippen LogP contribution in [0.4, 0.5) is 55.3 Å². The van der Waals surface area contributed by atoms with E-state index in [1.54, 1.807) is 0 Å². The number of nitrogens with zero attached hydrogens (tertiary/aromatic N) is 2. The fraction of sp³-hybridized carbons (Fsp3) is 0.143. The first kappa shape index (κ1) is 31.0. The number of hydrogen-bond donors (Lipinski definition) is 0. The molecule has 1 saturated heterocycles. The molecule has 5 nitrogen and oxygen atoms in total. The van der Waals surface area contributed by atoms with E-state index in [1.807, 2.05) is 0 Å². The zero-order chi connectivity index (χ0) is 32.2. The molecule has 0 radical (unpaired) electrons. The Morgan fingerprint density at radius 2 is 0.727 bits per heavy atom. The highest BCUT2D eigenvalue weighted by Crippen LogP contribution is 2.53. The van der Waals surface area contributed by atoms with Crippen LogP contribution in [0.25, 0.3) is 0 Å². The van der Waals surface area contributed by atoms with Crippen molar-refractivity contribution in [2.75, 3.05) is 22.8 Å². The molecule has 4 aromatic carbocycles. The molecule has 5 rings (SSSR count). The van der Waals surface area contributed by atoms with Crippen LogP contribution in [0.2, 0.25) is 0 Å². The maximum Gasteiger partial charge on any atom is 0.227 e. The molecule has 1 fully saturated rings. The maximum absolute atomic E-state index is 15.4. The Hall–Kier alpha value is -4.47. The summed E-state index contributed by atoms with van der Waals surface area (Å²) < 4.78 is 173. The molecule has 1 aliphatic rings. The number of benzene rings is 4. The highest BCUT2D eigenvalue weighted by molar-refractivity contribution is 7.88. The van der Waals surface area contributed by atoms with E-state index in [4.69, 9.17) is 9.47 Å². The molecule has 16 heteroatoms. The standard InChI is InChI=1S/C28H16F10N2O3S/c1-42-13-7-3-11(4-8-13)39-27(15-17(29)21(33)25(37)22(34)18(15)30)28(16-19(31)23(35)26(38)24(36)20(16)32)40(44(39)41)12-5-9-14(43-2)10-6-12/h3-10,27-28H,1-2H3/t27-,28+,44?. The second-order valence-corrected chi connectivity index (χ2v) is 10.4. The summed E-state index contributed by atoms with van der Waals surface area (Å²) in [5, 5.41) is 0. The Morgan fingerprint density at radius 3 is 0.977 bits per heavy atom. The Kier molecular flexibility index (Phi) is 8.13. The third-order valence-corrected chi connectivity index (χ3v) is 8.42. The van der Waals surface area contributed by atoms with Gasteiger partial charge in [0.2, 0.25) is 22.8 Å². The quantitative estimate of drug-likeness (QED) is 0.124. The maximum atomic E-state index is 15.4. The van der Waals surface area contributed by atoms with E-state index in [2.05, 4.69) is 0 Å². The van der Waals surface area contributed by atoms with E-state index in [1.165, 1.54) is 38.5 Å². The molecule has 44 heavy (non-hydrogen) atoms. The van der Waals surface area contributed by atoms with Gasteiger partial charge < -0.3 is 9.47 Å². The molecule has 0 bridgehead atoms. The van der Waals surface area contributed by atoms with E-state index in [0.29, 0.717) is 8.61 Å². The molecule has 1 heterocycles. The fourth-order valence-corrected chi connectivity index (χ4v) is 6.44. The summed E-state index contributed by atoms with van der Waals surface area (Å²) in [4.78, 5) is 0. The molecule has 1 aliphatic heterocycles. The van der Waals surface area contributed by atoms with Crippen molar-refractivity contribution < 1.29 is 57.6 Å². The summed E-state index contributed by atoms with van der Waals surface area (Å²) in [6.45, 7) is 0. The van der Waals surface area contributed by atoms with Crippen LogP contribution in [0.3, 0.4) is 0 Å². The summed E-state index contributed by atoms with van der Waals surface area (Å²) in [5.41, 5.74) is -4.09. The van der Waals surface area contributed by atoms with Crippen molar-refractivity contribution in [2.45, 2.75) is 12.1 Å². The summed E-state index contributed by atoms with van der Waals surface area (Å²) in [6, 6.07) is 4.35. The Balaban J connectivity index is 1.93. The molecule has 0 aliphatic carbocycles. The summed E-state index contributed by atoms with van der Waals surface area (Å²) in [5.74, 6) is -24.7. The average molecular weight is 650 g/mol. The summed E-state index contributed by atoms with van der Waals surface area (Å²) in [6.07, 6.45) is 0. The minimum Gasteiger partial charge on any atom is -0.497 e. The van der Waals surface area contributed by atoms with Crippen LogP contribution in [-0.2, 0) is 11.2 Å². The molecular weight excluding hydrogens is 634 g/mol. The van der Waals surface area contributed by atoms with Crippen molar-refractivity contribution in [2.24, 2.45) is 0 Å². The van der Waals surface area contributed by atoms with Crippen LogP contribution in [0.15, 0.2) is 48.5 Å². The highest BCUT2D eigenvalue weighted by Gasteiger charge is 2.54. The average Bonchev–Trinajstić information content (AvgIpc) is 3.32. The fourth-order valence-electron chi connectivity index (χ4n) is 4.82. The molecule has 0 spiro atoms. The van der Waals surface area contributed by atoms with Crippen LogP contribution < -0.4 is 18.1 Å². The first-order valence-electron chi connectivity index (χ1n) is 12.2. The first-order chi connectivity index (χ1) is 20.8. The van der Waals surface area contributed by atoms with Crippen LogP contribution >= 0.6 is 0 Å². The number of ether oxygens (including phenoxy) is 2. The van der Waals surface area contributed by atoms with Gasteiger partial charge in [-0.05, 0) is 48.5 Å². The molecule has 0 aromatic heterocycles. The number of methoxy groups -OCH3 is 2. The Morgan fingerprint density at radius 1 is 0.477 bits per heavy atom. The predicted octanol–water partition coefficient (Wildman–Crippen LogP) is 7.48. The molecule has 0 saturated carbocycles. The molecule has 4 aromatic rings. The smallest absolute Gasteiger partial charge is 0.227 e. The van der Waals surface area contributed by atoms with Crippen LogP contribution in [0.1, 0.15) is 23.2 Å². The lowest BCUT2D eigenvalue weighted by Gasteiger charge is -2.29. The lowest BCUT2D eigenvalue weighted by atomic mass is 9.90. The van der Waals surface area contributed by atoms with Gasteiger partial charge in [-0.25, -0.2) is 48.1 Å². The first-order valence-corrected chi connectivity index (χ1v) is 13.2. The van der Waals surface area contributed by atoms with Gasteiger partial charge in [-0.3, -0.25) is 8.61 Å². The zero-order valence-corrected chi connectivity index (χ0v) is 22.9. The van der Waals surface area contributed by atoms with Gasteiger partial charge in [-0.2, -0.15) is 0 Å². The molecule has 3 atom stereocenters. The van der Waals surface area contributed by atoms with E-state index in [9.17, 15) is 30.6 Å². The van der Waals surface area contributed by atoms with Gasteiger partial charge in [-0.1, -0.05) is 0 Å². The van der Waals surface area contributed by atoms with Gasteiger partial charge >= 0.3 is 0 Å². The van der Waals surface area contributed by atoms with Crippen LogP contribution in [0.5, 0.6) is 11.5 Å². The van der Waals surface area contributed by atoms with Crippen molar-refractivity contribution in [1.82, 2.24) is 0 Å². The van der Waals surface area contributed by atoms with E-state index in [-0.39, 0.29) is 22.9 Å². The second-order valence-electron chi connectivity index (χ2n) is 9.14. The topological polar surface area (TPSA) is 42.0 Å². The second kappa shape index (κ2) is 11.6. The summed E-state index contributed by atoms with van der Waals surface area (Å²) in [7, 11) is 2.54. The van der Waals surface area contributed by atoms with E-state index < -0.39 is 92.6 Å². The summed E-state index contributed by atoms with van der Waals surface area (Å²) >= 11 is -2.91. The van der Waals surface area contributed by atoms with Crippen molar-refractivity contribution >= 4 is 22.5 Å². The van der Waals surface area contributed by atoms with Crippen LogP contribution in [0, 0.1) is 58.2 Å². The number of halogens is 10. The SMILES string of the molecule is COc1ccc(N2[C@H](c3c(F)c(F)c(F)c(F)c3F)[C@H](c3c(F)c(F)c(F)c(F)c3F)N(c3ccc(OC)cc3)S2=O)cc1. The molecule has 0 N–H and O–H groups in total. The minimum absolute atomic E-state index is 0.190. The number of rotatable bonds is 6. The largest absolute Gasteiger partial charge is 0.497 e. The van der Waals surface area contributed by atoms with Crippen molar-refractivity contribution in [1.29, 1.82) is 0 Å². The van der Waals surface area contributed by atoms with Gasteiger partial charge in [0.05, 0.1) is 36.7 Å². The Labute approximate surface area is 244 Å². The van der Waals surface area contributed by atoms with E-state index >= 15 is 17.6 Å². The number of hydrogen-bond acceptors (Lipinski definition) is 3.